The van der Waals surface area contributed by atoms with E-state index in [2.05, 4.69) is 45.5 Å². The van der Waals surface area contributed by atoms with Crippen LogP contribution in [0.4, 0.5) is 0 Å². The Bertz CT molecular complexity index is 1720. The molecule has 4 aromatic carbocycles. The zero-order valence-corrected chi connectivity index (χ0v) is 23.1. The van der Waals surface area contributed by atoms with Crippen LogP contribution < -0.4 is 24.8 Å². The maximum atomic E-state index is 5.11. The summed E-state index contributed by atoms with van der Waals surface area (Å²) in [5, 5.41) is 0. The van der Waals surface area contributed by atoms with Gasteiger partial charge in [-0.2, -0.15) is 0 Å². The molecule has 39 heavy (non-hydrogen) atoms. The molecule has 7 rings (SSSR count). The van der Waals surface area contributed by atoms with Crippen LogP contribution in [0.5, 0.6) is 0 Å². The van der Waals surface area contributed by atoms with Crippen molar-refractivity contribution in [1.29, 1.82) is 0 Å². The second-order valence-corrected chi connectivity index (χ2v) is 8.60. The van der Waals surface area contributed by atoms with Gasteiger partial charge in [0.15, 0.2) is 11.6 Å². The number of para-hydroxylation sites is 6. The molecule has 0 aliphatic carbocycles. The summed E-state index contributed by atoms with van der Waals surface area (Å²) in [5.41, 5.74) is 7.62. The summed E-state index contributed by atoms with van der Waals surface area (Å²) in [6, 6.07) is 43.0. The molecule has 0 N–H and O–H groups in total. The van der Waals surface area contributed by atoms with Gasteiger partial charge in [0, 0.05) is 11.4 Å². The Hall–Kier alpha value is -3.93. The normalized spacial score (nSPS) is 10.5. The van der Waals surface area contributed by atoms with Crippen LogP contribution in [0.2, 0.25) is 0 Å². The Balaban J connectivity index is 0.00000118. The number of halogens is 2. The maximum Gasteiger partial charge on any atom is 2.00 e. The maximum absolute atomic E-state index is 5.11. The van der Waals surface area contributed by atoms with Gasteiger partial charge in [0.05, 0.1) is 22.1 Å². The van der Waals surface area contributed by atoms with Gasteiger partial charge in [-0.3, -0.25) is 9.13 Å². The predicted molar refractivity (Wildman–Crippen MR) is 144 cm³/mol. The molecule has 192 valence electrons. The van der Waals surface area contributed by atoms with Crippen LogP contribution in [-0.4, -0.2) is 24.1 Å². The minimum absolute atomic E-state index is 0. The zero-order chi connectivity index (χ0) is 23.9. The van der Waals surface area contributed by atoms with Gasteiger partial charge in [-0.05, 0) is 60.7 Å². The molecular weight excluding hydrogens is 569 g/mol. The fraction of sp³-hybridized carbons (Fsp3) is 0. The minimum Gasteiger partial charge on any atom is -1.00 e. The van der Waals surface area contributed by atoms with Gasteiger partial charge < -0.3 is 24.8 Å². The van der Waals surface area contributed by atoms with Crippen LogP contribution in [0.1, 0.15) is 0 Å². The summed E-state index contributed by atoms with van der Waals surface area (Å²) in [6.07, 6.45) is 0. The quantitative estimate of drug-likeness (QED) is 0.289. The molecule has 0 saturated carbocycles. The predicted octanol–water partition coefficient (Wildman–Crippen LogP) is 1.10. The van der Waals surface area contributed by atoms with Crippen molar-refractivity contribution in [1.82, 2.24) is 24.1 Å². The van der Waals surface area contributed by atoms with Crippen molar-refractivity contribution in [3.8, 4) is 34.4 Å². The van der Waals surface area contributed by atoms with Crippen LogP contribution in [-0.2, 0) is 17.1 Å². The van der Waals surface area contributed by atoms with Crippen LogP contribution in [0.3, 0.4) is 0 Å². The number of nitrogens with zero attached hydrogens (tertiary/aromatic N) is 5. The van der Waals surface area contributed by atoms with E-state index in [1.165, 1.54) is 0 Å². The van der Waals surface area contributed by atoms with Crippen LogP contribution in [0, 0.1) is 0 Å². The van der Waals surface area contributed by atoms with Gasteiger partial charge >= 0.3 is 17.1 Å². The zero-order valence-electron chi connectivity index (χ0n) is 20.5. The minimum atomic E-state index is 0. The topological polar surface area (TPSA) is 48.5 Å². The van der Waals surface area contributed by atoms with E-state index in [4.69, 9.17) is 15.0 Å². The number of hydrogen-bond donors (Lipinski definition) is 0. The van der Waals surface area contributed by atoms with E-state index in [1.54, 1.807) is 0 Å². The average molecular weight is 590 g/mol. The van der Waals surface area contributed by atoms with Crippen molar-refractivity contribution >= 4 is 22.1 Å². The second kappa shape index (κ2) is 11.9. The van der Waals surface area contributed by atoms with Crippen molar-refractivity contribution in [3.05, 3.63) is 127 Å². The monoisotopic (exact) mass is 589 g/mol. The van der Waals surface area contributed by atoms with E-state index in [1.807, 2.05) is 91.0 Å². The summed E-state index contributed by atoms with van der Waals surface area (Å²) in [4.78, 5) is 15.1. The summed E-state index contributed by atoms with van der Waals surface area (Å²) in [5.74, 6) is 1.60. The van der Waals surface area contributed by atoms with Crippen molar-refractivity contribution in [2.45, 2.75) is 0 Å². The molecule has 7 aromatic rings. The van der Waals surface area contributed by atoms with Gasteiger partial charge in [-0.25, -0.2) is 15.0 Å². The number of fused-ring (bicyclic) bond motifs is 2. The number of benzene rings is 4. The Morgan fingerprint density at radius 1 is 0.385 bits per heavy atom. The van der Waals surface area contributed by atoms with Gasteiger partial charge in [0.1, 0.15) is 11.4 Å². The molecule has 0 fully saturated rings. The first-order valence-electron chi connectivity index (χ1n) is 11.9. The molecule has 0 atom stereocenters. The van der Waals surface area contributed by atoms with Gasteiger partial charge in [0.2, 0.25) is 0 Å². The van der Waals surface area contributed by atoms with Crippen molar-refractivity contribution in [3.63, 3.8) is 0 Å². The smallest absolute Gasteiger partial charge is 1.00 e. The molecule has 0 spiro atoms. The number of hydrogen-bond acceptors (Lipinski definition) is 3. The molecule has 0 saturated heterocycles. The average Bonchev–Trinajstić information content (AvgIpc) is 3.53. The first-order chi connectivity index (χ1) is 17.9. The van der Waals surface area contributed by atoms with E-state index in [-0.39, 0.29) is 41.9 Å². The Labute approximate surface area is 248 Å². The van der Waals surface area contributed by atoms with Crippen LogP contribution >= 0.6 is 0 Å². The molecule has 3 heterocycles. The first kappa shape index (κ1) is 28.1. The van der Waals surface area contributed by atoms with E-state index in [0.29, 0.717) is 0 Å². The molecule has 0 aliphatic heterocycles. The van der Waals surface area contributed by atoms with E-state index < -0.39 is 0 Å². The molecule has 3 aromatic heterocycles. The summed E-state index contributed by atoms with van der Waals surface area (Å²) in [7, 11) is 0. The molecule has 0 bridgehead atoms. The van der Waals surface area contributed by atoms with E-state index >= 15 is 0 Å². The van der Waals surface area contributed by atoms with Crippen molar-refractivity contribution in [2.75, 3.05) is 0 Å². The largest absolute Gasteiger partial charge is 2.00 e. The number of imidazole rings is 2. The SMILES string of the molecule is [Cl-].[Cl-].[Fe+2].c1ccc(-n2c(-c3cccc(-c4nc5ccccc5n4-c4ccccc4)n3)nc3ccccc32)cc1. The molecule has 0 unspecified atom stereocenters. The summed E-state index contributed by atoms with van der Waals surface area (Å²) < 4.78 is 4.34. The van der Waals surface area contributed by atoms with Gasteiger partial charge in [-0.15, -0.1) is 0 Å². The molecule has 0 amide bonds. The second-order valence-electron chi connectivity index (χ2n) is 8.60. The third-order valence-corrected chi connectivity index (χ3v) is 6.36. The van der Waals surface area contributed by atoms with Gasteiger partial charge in [-0.1, -0.05) is 66.7 Å². The molecule has 8 heteroatoms. The fourth-order valence-electron chi connectivity index (χ4n) is 4.76. The van der Waals surface area contributed by atoms with Crippen molar-refractivity contribution < 1.29 is 41.9 Å². The first-order valence-corrected chi connectivity index (χ1v) is 11.9. The van der Waals surface area contributed by atoms with E-state index in [9.17, 15) is 0 Å². The van der Waals surface area contributed by atoms with E-state index in [0.717, 1.165) is 56.5 Å². The number of rotatable bonds is 4. The Morgan fingerprint density at radius 2 is 0.769 bits per heavy atom. The number of pyridine rings is 1. The molecular formula is C31H21Cl2FeN5. The third kappa shape index (κ3) is 4.96. The molecule has 5 nitrogen and oxygen atoms in total. The van der Waals surface area contributed by atoms with Gasteiger partial charge in [0.25, 0.3) is 0 Å². The van der Waals surface area contributed by atoms with Crippen LogP contribution in [0.15, 0.2) is 127 Å². The summed E-state index contributed by atoms with van der Waals surface area (Å²) >= 11 is 0. The molecule has 0 aliphatic rings. The fourth-order valence-corrected chi connectivity index (χ4v) is 4.76. The molecule has 0 radical (unpaired) electrons. The van der Waals surface area contributed by atoms with Crippen LogP contribution in [0.25, 0.3) is 56.5 Å². The van der Waals surface area contributed by atoms with Crippen molar-refractivity contribution in [2.24, 2.45) is 0 Å². The Morgan fingerprint density at radius 3 is 1.21 bits per heavy atom. The Kier molecular flexibility index (Phi) is 8.54. The standard InChI is InChI=1S/C31H21N5.2ClH.Fe/c1-3-12-22(13-4-1)35-28-20-9-7-16-24(28)33-30(35)26-18-11-19-27(32-26)31-34-25-17-8-10-21-29(25)36(31)23-14-5-2-6-15-23;;;/h1-21H;2*1H;/q;;;+2/p-2. The number of aromatic nitrogens is 5. The third-order valence-electron chi connectivity index (χ3n) is 6.36. The summed E-state index contributed by atoms with van der Waals surface area (Å²) in [6.45, 7) is 0.